The zero-order valence-electron chi connectivity index (χ0n) is 12.4. The van der Waals surface area contributed by atoms with Gasteiger partial charge in [-0.3, -0.25) is 4.79 Å². The smallest absolute Gasteiger partial charge is 0.286 e. The first kappa shape index (κ1) is 16.2. The van der Waals surface area contributed by atoms with Crippen molar-refractivity contribution in [3.05, 3.63) is 56.2 Å². The molecule has 2 aromatic rings. The molecule has 1 aliphatic heterocycles. The van der Waals surface area contributed by atoms with Gasteiger partial charge in [-0.1, -0.05) is 23.2 Å². The Hall–Kier alpha value is -1.69. The van der Waals surface area contributed by atoms with Crippen LogP contribution in [-0.2, 0) is 4.79 Å². The zero-order valence-corrected chi connectivity index (χ0v) is 14.8. The molecule has 0 saturated carbocycles. The number of carbonyl (C=O) groups excluding carboxylic acids is 1. The first-order valence-electron chi connectivity index (χ1n) is 6.79. The Kier molecular flexibility index (Phi) is 4.27. The van der Waals surface area contributed by atoms with Gasteiger partial charge in [-0.2, -0.15) is 4.99 Å². The molecule has 1 aliphatic rings. The van der Waals surface area contributed by atoms with Crippen molar-refractivity contribution in [3.63, 3.8) is 0 Å². The molecule has 4 nitrogen and oxygen atoms in total. The molecule has 1 aromatic carbocycles. The van der Waals surface area contributed by atoms with Gasteiger partial charge >= 0.3 is 0 Å². The normalized spacial score (nSPS) is 16.3. The van der Waals surface area contributed by atoms with Crippen LogP contribution in [0.4, 0.5) is 0 Å². The summed E-state index contributed by atoms with van der Waals surface area (Å²) in [6.45, 7) is 3.97. The third-order valence-electron chi connectivity index (χ3n) is 3.56. The molecule has 0 fully saturated rings. The SMILES string of the molecule is Cc1cc(/C=C2/SC(N)=NC2=O)c(C)n1-c1ccc(Cl)c(Cl)c1. The molecule has 0 radical (unpaired) electrons. The lowest BCUT2D eigenvalue weighted by Crippen LogP contribution is -2.01. The summed E-state index contributed by atoms with van der Waals surface area (Å²) in [5.41, 5.74) is 9.46. The number of amides is 1. The molecule has 1 amide bonds. The predicted molar refractivity (Wildman–Crippen MR) is 97.5 cm³/mol. The molecule has 2 heterocycles. The molecule has 7 heteroatoms. The molecule has 2 N–H and O–H groups in total. The fourth-order valence-electron chi connectivity index (χ4n) is 2.52. The van der Waals surface area contributed by atoms with Crippen LogP contribution in [0, 0.1) is 13.8 Å². The van der Waals surface area contributed by atoms with Gasteiger partial charge in [-0.15, -0.1) is 0 Å². The summed E-state index contributed by atoms with van der Waals surface area (Å²) in [6.07, 6.45) is 1.81. The number of amidine groups is 1. The minimum absolute atomic E-state index is 0.277. The van der Waals surface area contributed by atoms with E-state index in [9.17, 15) is 4.79 Å². The number of hydrogen-bond donors (Lipinski definition) is 1. The Bertz CT molecular complexity index is 884. The second kappa shape index (κ2) is 6.07. The van der Waals surface area contributed by atoms with Crippen molar-refractivity contribution in [2.24, 2.45) is 10.7 Å². The van der Waals surface area contributed by atoms with E-state index in [0.29, 0.717) is 15.0 Å². The van der Waals surface area contributed by atoms with Gasteiger partial charge in [-0.25, -0.2) is 0 Å². The van der Waals surface area contributed by atoms with Crippen LogP contribution in [0.3, 0.4) is 0 Å². The summed E-state index contributed by atoms with van der Waals surface area (Å²) in [7, 11) is 0. The number of aliphatic imine (C=N–C) groups is 1. The van der Waals surface area contributed by atoms with Crippen LogP contribution in [0.15, 0.2) is 34.2 Å². The van der Waals surface area contributed by atoms with Crippen LogP contribution in [-0.4, -0.2) is 15.6 Å². The van der Waals surface area contributed by atoms with Gasteiger partial charge in [0.05, 0.1) is 15.0 Å². The van der Waals surface area contributed by atoms with Crippen LogP contribution < -0.4 is 5.73 Å². The highest BCUT2D eigenvalue weighted by Crippen LogP contribution is 2.31. The summed E-state index contributed by atoms with van der Waals surface area (Å²) >= 11 is 13.3. The maximum atomic E-state index is 11.7. The second-order valence-corrected chi connectivity index (χ2v) is 7.00. The highest BCUT2D eigenvalue weighted by atomic mass is 35.5. The van der Waals surface area contributed by atoms with E-state index in [-0.39, 0.29) is 11.1 Å². The maximum absolute atomic E-state index is 11.7. The monoisotopic (exact) mass is 365 g/mol. The number of halogens is 2. The lowest BCUT2D eigenvalue weighted by molar-refractivity contribution is -0.113. The summed E-state index contributed by atoms with van der Waals surface area (Å²) in [6, 6.07) is 7.49. The van der Waals surface area contributed by atoms with Gasteiger partial charge in [0.25, 0.3) is 5.91 Å². The average molecular weight is 366 g/mol. The molecule has 23 heavy (non-hydrogen) atoms. The second-order valence-electron chi connectivity index (χ2n) is 5.13. The molecule has 3 rings (SSSR count). The first-order chi connectivity index (χ1) is 10.9. The van der Waals surface area contributed by atoms with Crippen molar-refractivity contribution in [2.75, 3.05) is 0 Å². The minimum atomic E-state index is -0.299. The highest BCUT2D eigenvalue weighted by molar-refractivity contribution is 8.18. The van der Waals surface area contributed by atoms with E-state index < -0.39 is 0 Å². The number of benzene rings is 1. The Balaban J connectivity index is 2.05. The number of nitrogens with two attached hydrogens (primary N) is 1. The summed E-state index contributed by atoms with van der Waals surface area (Å²) in [5, 5.41) is 1.29. The van der Waals surface area contributed by atoms with Gasteiger partial charge in [-0.05, 0) is 61.5 Å². The lowest BCUT2D eigenvalue weighted by Gasteiger charge is -2.10. The van der Waals surface area contributed by atoms with Crippen molar-refractivity contribution in [3.8, 4) is 5.69 Å². The number of nitrogens with zero attached hydrogens (tertiary/aromatic N) is 2. The van der Waals surface area contributed by atoms with Gasteiger partial charge in [0.1, 0.15) is 0 Å². The third-order valence-corrected chi connectivity index (χ3v) is 5.11. The van der Waals surface area contributed by atoms with Crippen molar-refractivity contribution in [1.82, 2.24) is 4.57 Å². The zero-order chi connectivity index (χ0) is 16.7. The first-order valence-corrected chi connectivity index (χ1v) is 8.36. The van der Waals surface area contributed by atoms with E-state index in [1.165, 1.54) is 11.8 Å². The van der Waals surface area contributed by atoms with Crippen LogP contribution in [0.25, 0.3) is 11.8 Å². The number of aromatic nitrogens is 1. The van der Waals surface area contributed by atoms with Gasteiger partial charge < -0.3 is 10.3 Å². The Morgan fingerprint density at radius 2 is 1.96 bits per heavy atom. The summed E-state index contributed by atoms with van der Waals surface area (Å²) in [5.74, 6) is -0.299. The van der Waals surface area contributed by atoms with E-state index >= 15 is 0 Å². The molecule has 1 aromatic heterocycles. The predicted octanol–water partition coefficient (Wildman–Crippen LogP) is 4.33. The third kappa shape index (κ3) is 3.04. The molecule has 118 valence electrons. The molecule has 0 atom stereocenters. The van der Waals surface area contributed by atoms with Crippen molar-refractivity contribution in [1.29, 1.82) is 0 Å². The highest BCUT2D eigenvalue weighted by Gasteiger charge is 2.20. The molecule has 0 bridgehead atoms. The van der Waals surface area contributed by atoms with Gasteiger partial charge in [0.2, 0.25) is 0 Å². The number of aryl methyl sites for hydroxylation is 1. The number of hydrogen-bond acceptors (Lipinski definition) is 3. The molecule has 0 aliphatic carbocycles. The number of carbonyl (C=O) groups is 1. The number of rotatable bonds is 2. The topological polar surface area (TPSA) is 60.4 Å². The number of thioether (sulfide) groups is 1. The largest absolute Gasteiger partial charge is 0.378 e. The van der Waals surface area contributed by atoms with Crippen molar-refractivity contribution in [2.45, 2.75) is 13.8 Å². The van der Waals surface area contributed by atoms with Crippen molar-refractivity contribution >= 4 is 52.1 Å². The van der Waals surface area contributed by atoms with E-state index in [1.807, 2.05) is 38.1 Å². The molecule has 0 spiro atoms. The summed E-state index contributed by atoms with van der Waals surface area (Å²) < 4.78 is 2.06. The standard InChI is InChI=1S/C16H13Cl2N3OS/c1-8-5-10(6-14-15(22)20-16(19)23-14)9(2)21(8)11-3-4-12(17)13(18)7-11/h3-7H,1-2H3,(H2,19,20,22)/b14-6+. The van der Waals surface area contributed by atoms with Crippen LogP contribution in [0.1, 0.15) is 17.0 Å². The molecule has 0 unspecified atom stereocenters. The van der Waals surface area contributed by atoms with Gasteiger partial charge in [0, 0.05) is 17.1 Å². The Morgan fingerprint density at radius 1 is 1.22 bits per heavy atom. The average Bonchev–Trinajstić information content (AvgIpc) is 2.93. The fourth-order valence-corrected chi connectivity index (χ4v) is 3.49. The molecular weight excluding hydrogens is 353 g/mol. The quantitative estimate of drug-likeness (QED) is 0.805. The Labute approximate surface area is 148 Å². The van der Waals surface area contributed by atoms with E-state index in [1.54, 1.807) is 6.07 Å². The summed E-state index contributed by atoms with van der Waals surface area (Å²) in [4.78, 5) is 16.0. The lowest BCUT2D eigenvalue weighted by atomic mass is 10.2. The minimum Gasteiger partial charge on any atom is -0.378 e. The molecular formula is C16H13Cl2N3OS. The van der Waals surface area contributed by atoms with E-state index in [2.05, 4.69) is 9.56 Å². The van der Waals surface area contributed by atoms with Crippen LogP contribution >= 0.6 is 35.0 Å². The van der Waals surface area contributed by atoms with E-state index in [4.69, 9.17) is 28.9 Å². The van der Waals surface area contributed by atoms with Crippen LogP contribution in [0.2, 0.25) is 10.0 Å². The molecule has 0 saturated heterocycles. The maximum Gasteiger partial charge on any atom is 0.286 e. The fraction of sp³-hybridized carbons (Fsp3) is 0.125. The van der Waals surface area contributed by atoms with E-state index in [0.717, 1.165) is 22.6 Å². The van der Waals surface area contributed by atoms with Crippen molar-refractivity contribution < 1.29 is 4.79 Å². The Morgan fingerprint density at radius 3 is 2.57 bits per heavy atom. The van der Waals surface area contributed by atoms with Crippen LogP contribution in [0.5, 0.6) is 0 Å². The van der Waals surface area contributed by atoms with Gasteiger partial charge in [0.15, 0.2) is 5.17 Å².